The van der Waals surface area contributed by atoms with Crippen LogP contribution in [0.3, 0.4) is 0 Å². The Morgan fingerprint density at radius 1 is 1.79 bits per heavy atom. The zero-order valence-electron chi connectivity index (χ0n) is 8.28. The highest BCUT2D eigenvalue weighted by molar-refractivity contribution is 8.14. The third-order valence-electron chi connectivity index (χ3n) is 1.89. The largest absolute Gasteiger partial charge is 0.444 e. The zero-order chi connectivity index (χ0) is 9.97. The van der Waals surface area contributed by atoms with Crippen molar-refractivity contribution in [3.8, 4) is 0 Å². The van der Waals surface area contributed by atoms with Crippen LogP contribution < -0.4 is 5.32 Å². The third kappa shape index (κ3) is 2.29. The summed E-state index contributed by atoms with van der Waals surface area (Å²) in [6.07, 6.45) is 1.72. The van der Waals surface area contributed by atoms with Gasteiger partial charge in [-0.05, 0) is 6.92 Å². The standard InChI is InChI=1S/C9H13N3OS/c1-6-5-14-9(12-6)11-4-8-3-10-7(2)13-8/h3,6H,4-5H2,1-2H3,(H,11,12). The van der Waals surface area contributed by atoms with Crippen molar-refractivity contribution in [2.75, 3.05) is 5.75 Å². The fraction of sp³-hybridized carbons (Fsp3) is 0.556. The lowest BCUT2D eigenvalue weighted by atomic mass is 10.4. The summed E-state index contributed by atoms with van der Waals surface area (Å²) in [4.78, 5) is 8.41. The maximum atomic E-state index is 5.31. The van der Waals surface area contributed by atoms with Crippen LogP contribution >= 0.6 is 11.8 Å². The van der Waals surface area contributed by atoms with Gasteiger partial charge < -0.3 is 9.73 Å². The smallest absolute Gasteiger partial charge is 0.191 e. The van der Waals surface area contributed by atoms with Gasteiger partial charge in [0.1, 0.15) is 12.3 Å². The van der Waals surface area contributed by atoms with Gasteiger partial charge in [0.25, 0.3) is 0 Å². The minimum Gasteiger partial charge on any atom is -0.444 e. The molecule has 0 aromatic carbocycles. The maximum absolute atomic E-state index is 5.31. The average molecular weight is 211 g/mol. The predicted molar refractivity (Wildman–Crippen MR) is 57.4 cm³/mol. The van der Waals surface area contributed by atoms with Crippen LogP contribution in [-0.2, 0) is 6.54 Å². The van der Waals surface area contributed by atoms with Gasteiger partial charge in [-0.25, -0.2) is 4.98 Å². The van der Waals surface area contributed by atoms with Gasteiger partial charge in [-0.15, -0.1) is 0 Å². The van der Waals surface area contributed by atoms with Crippen molar-refractivity contribution < 1.29 is 4.42 Å². The number of hydrogen-bond donors (Lipinski definition) is 1. The number of thioether (sulfide) groups is 1. The number of rotatable bonds is 2. The molecule has 1 atom stereocenters. The lowest BCUT2D eigenvalue weighted by Crippen LogP contribution is -2.23. The fourth-order valence-corrected chi connectivity index (χ4v) is 2.15. The molecule has 1 aliphatic rings. The van der Waals surface area contributed by atoms with Gasteiger partial charge in [-0.1, -0.05) is 11.8 Å². The van der Waals surface area contributed by atoms with E-state index in [-0.39, 0.29) is 0 Å². The summed E-state index contributed by atoms with van der Waals surface area (Å²) in [5.41, 5.74) is 0. The van der Waals surface area contributed by atoms with E-state index in [1.165, 1.54) is 0 Å². The highest BCUT2D eigenvalue weighted by Crippen LogP contribution is 2.14. The number of hydrogen-bond acceptors (Lipinski definition) is 4. The van der Waals surface area contributed by atoms with Crippen molar-refractivity contribution in [1.29, 1.82) is 0 Å². The SMILES string of the molecule is Cc1ncc(CN=C2NC(C)CS2)o1. The summed E-state index contributed by atoms with van der Waals surface area (Å²) >= 11 is 1.75. The quantitative estimate of drug-likeness (QED) is 0.806. The molecule has 1 saturated heterocycles. The van der Waals surface area contributed by atoms with Gasteiger partial charge in [-0.2, -0.15) is 0 Å². The molecule has 0 aliphatic carbocycles. The van der Waals surface area contributed by atoms with E-state index >= 15 is 0 Å². The molecule has 1 unspecified atom stereocenters. The van der Waals surface area contributed by atoms with Crippen LogP contribution in [0.4, 0.5) is 0 Å². The van der Waals surface area contributed by atoms with Crippen molar-refractivity contribution in [2.45, 2.75) is 26.4 Å². The van der Waals surface area contributed by atoms with Gasteiger partial charge in [0.05, 0.1) is 6.20 Å². The van der Waals surface area contributed by atoms with E-state index in [4.69, 9.17) is 4.42 Å². The van der Waals surface area contributed by atoms with Crippen molar-refractivity contribution in [3.63, 3.8) is 0 Å². The first-order valence-corrected chi connectivity index (χ1v) is 5.57. The number of aryl methyl sites for hydroxylation is 1. The van der Waals surface area contributed by atoms with Crippen LogP contribution in [0, 0.1) is 6.92 Å². The molecule has 1 N–H and O–H groups in total. The van der Waals surface area contributed by atoms with E-state index in [0.717, 1.165) is 16.7 Å². The summed E-state index contributed by atoms with van der Waals surface area (Å²) in [7, 11) is 0. The molecule has 2 heterocycles. The molecule has 0 saturated carbocycles. The first kappa shape index (κ1) is 9.58. The Kier molecular flexibility index (Phi) is 2.77. The van der Waals surface area contributed by atoms with E-state index < -0.39 is 0 Å². The molecule has 76 valence electrons. The van der Waals surface area contributed by atoms with Crippen LogP contribution in [-0.4, -0.2) is 21.9 Å². The average Bonchev–Trinajstić information content (AvgIpc) is 2.72. The molecule has 5 heteroatoms. The maximum Gasteiger partial charge on any atom is 0.191 e. The highest BCUT2D eigenvalue weighted by atomic mass is 32.2. The van der Waals surface area contributed by atoms with Crippen LogP contribution in [0.15, 0.2) is 15.6 Å². The molecular weight excluding hydrogens is 198 g/mol. The van der Waals surface area contributed by atoms with Crippen molar-refractivity contribution in [2.24, 2.45) is 4.99 Å². The Hall–Kier alpha value is -0.970. The molecule has 4 nitrogen and oxygen atoms in total. The second-order valence-electron chi connectivity index (χ2n) is 3.32. The molecule has 0 bridgehead atoms. The predicted octanol–water partition coefficient (Wildman–Crippen LogP) is 1.56. The second-order valence-corrected chi connectivity index (χ2v) is 4.33. The number of nitrogens with one attached hydrogen (secondary N) is 1. The molecular formula is C9H13N3OS. The minimum absolute atomic E-state index is 0.523. The number of nitrogens with zero attached hydrogens (tertiary/aromatic N) is 2. The van der Waals surface area contributed by atoms with E-state index in [9.17, 15) is 0 Å². The fourth-order valence-electron chi connectivity index (χ4n) is 1.22. The van der Waals surface area contributed by atoms with Gasteiger partial charge in [0, 0.05) is 18.7 Å². The molecule has 1 fully saturated rings. The monoisotopic (exact) mass is 211 g/mol. The summed E-state index contributed by atoms with van der Waals surface area (Å²) in [6.45, 7) is 4.55. The van der Waals surface area contributed by atoms with E-state index in [1.807, 2.05) is 6.92 Å². The van der Waals surface area contributed by atoms with Crippen LogP contribution in [0.2, 0.25) is 0 Å². The zero-order valence-corrected chi connectivity index (χ0v) is 9.10. The van der Waals surface area contributed by atoms with Gasteiger partial charge in [0.15, 0.2) is 11.1 Å². The van der Waals surface area contributed by atoms with Crippen molar-refractivity contribution in [3.05, 3.63) is 17.8 Å². The molecule has 0 radical (unpaired) electrons. The topological polar surface area (TPSA) is 50.4 Å². The number of aromatic nitrogens is 1. The first-order chi connectivity index (χ1) is 6.74. The Bertz CT molecular complexity index is 348. The summed E-state index contributed by atoms with van der Waals surface area (Å²) in [6, 6.07) is 0.523. The number of amidine groups is 1. The Labute approximate surface area is 87.2 Å². The number of aliphatic imine (C=N–C) groups is 1. The molecule has 0 amide bonds. The van der Waals surface area contributed by atoms with E-state index in [1.54, 1.807) is 18.0 Å². The minimum atomic E-state index is 0.523. The second kappa shape index (κ2) is 4.04. The first-order valence-electron chi connectivity index (χ1n) is 4.59. The van der Waals surface area contributed by atoms with Crippen LogP contribution in [0.25, 0.3) is 0 Å². The molecule has 2 rings (SSSR count). The van der Waals surface area contributed by atoms with E-state index in [0.29, 0.717) is 18.5 Å². The summed E-state index contributed by atoms with van der Waals surface area (Å²) in [5.74, 6) is 2.60. The van der Waals surface area contributed by atoms with Crippen LogP contribution in [0.1, 0.15) is 18.6 Å². The summed E-state index contributed by atoms with van der Waals surface area (Å²) < 4.78 is 5.31. The lowest BCUT2D eigenvalue weighted by molar-refractivity contribution is 0.477. The Morgan fingerprint density at radius 2 is 2.64 bits per heavy atom. The molecule has 1 aliphatic heterocycles. The van der Waals surface area contributed by atoms with Crippen LogP contribution in [0.5, 0.6) is 0 Å². The van der Waals surface area contributed by atoms with E-state index in [2.05, 4.69) is 22.2 Å². The Morgan fingerprint density at radius 3 is 3.21 bits per heavy atom. The van der Waals surface area contributed by atoms with Crippen molar-refractivity contribution in [1.82, 2.24) is 10.3 Å². The van der Waals surface area contributed by atoms with Gasteiger partial charge in [0.2, 0.25) is 0 Å². The van der Waals surface area contributed by atoms with Gasteiger partial charge in [-0.3, -0.25) is 4.99 Å². The third-order valence-corrected chi connectivity index (χ3v) is 3.07. The Balaban J connectivity index is 1.93. The van der Waals surface area contributed by atoms with Gasteiger partial charge >= 0.3 is 0 Å². The normalized spacial score (nSPS) is 24.1. The van der Waals surface area contributed by atoms with Crippen molar-refractivity contribution >= 4 is 16.9 Å². The lowest BCUT2D eigenvalue weighted by Gasteiger charge is -1.99. The summed E-state index contributed by atoms with van der Waals surface area (Å²) in [5, 5.41) is 4.29. The molecule has 1 aromatic rings. The highest BCUT2D eigenvalue weighted by Gasteiger charge is 2.15. The molecule has 1 aromatic heterocycles. The molecule has 14 heavy (non-hydrogen) atoms. The number of oxazole rings is 1. The molecule has 0 spiro atoms.